The third-order valence-corrected chi connectivity index (χ3v) is 0.865. The van der Waals surface area contributed by atoms with Crippen LogP contribution >= 0.6 is 0 Å². The molecule has 0 aliphatic heterocycles. The van der Waals surface area contributed by atoms with Gasteiger partial charge in [-0.2, -0.15) is 0 Å². The molecule has 0 spiro atoms. The predicted octanol–water partition coefficient (Wildman–Crippen LogP) is -0.126. The van der Waals surface area contributed by atoms with Crippen molar-refractivity contribution >= 4 is 5.91 Å². The first-order chi connectivity index (χ1) is 3.72. The van der Waals surface area contributed by atoms with Crippen LogP contribution in [0.25, 0.3) is 0 Å². The monoisotopic (exact) mass is 116 g/mol. The largest absolute Gasteiger partial charge is 0.330 e. The van der Waals surface area contributed by atoms with Crippen molar-refractivity contribution in [3.63, 3.8) is 0 Å². The standard InChI is InChI=1S/C4H8N2O2/c1-3(2-5)4(7)6-8/h3H,2,5H2,1H3/t3-/m0/s1. The molecule has 4 nitrogen and oxygen atoms in total. The van der Waals surface area contributed by atoms with Gasteiger partial charge in [-0.05, 0) is 0 Å². The van der Waals surface area contributed by atoms with Crippen molar-refractivity contribution in [1.29, 1.82) is 0 Å². The predicted molar refractivity (Wildman–Crippen MR) is 29.0 cm³/mol. The van der Waals surface area contributed by atoms with Crippen molar-refractivity contribution in [3.8, 4) is 0 Å². The lowest BCUT2D eigenvalue weighted by Crippen LogP contribution is -2.18. The summed E-state index contributed by atoms with van der Waals surface area (Å²) in [7, 11) is 0. The number of hydrogen-bond donors (Lipinski definition) is 1. The summed E-state index contributed by atoms with van der Waals surface area (Å²) in [6.07, 6.45) is 0. The smallest absolute Gasteiger partial charge is 0.290 e. The number of nitrogens with two attached hydrogens (primary N) is 1. The molecule has 0 fully saturated rings. The maximum atomic E-state index is 10.2. The SMILES string of the molecule is C[C@@H](CN)C(=O)N=O. The van der Waals surface area contributed by atoms with Crippen LogP contribution in [0.3, 0.4) is 0 Å². The number of carbonyl (C=O) groups is 1. The van der Waals surface area contributed by atoms with Crippen molar-refractivity contribution < 1.29 is 4.79 Å². The molecular weight excluding hydrogens is 108 g/mol. The molecule has 0 bridgehead atoms. The normalized spacial score (nSPS) is 12.8. The maximum absolute atomic E-state index is 10.2. The zero-order valence-electron chi connectivity index (χ0n) is 4.63. The minimum atomic E-state index is -0.674. The van der Waals surface area contributed by atoms with Gasteiger partial charge in [0.1, 0.15) is 0 Å². The molecule has 1 atom stereocenters. The maximum Gasteiger partial charge on any atom is 0.290 e. The van der Waals surface area contributed by atoms with E-state index in [-0.39, 0.29) is 6.54 Å². The molecule has 0 rings (SSSR count). The number of nitrogens with zero attached hydrogens (tertiary/aromatic N) is 1. The van der Waals surface area contributed by atoms with Gasteiger partial charge in [-0.15, -0.1) is 4.91 Å². The molecule has 0 heterocycles. The summed E-state index contributed by atoms with van der Waals surface area (Å²) in [5, 5.41) is 2.19. The molecule has 0 saturated heterocycles. The third kappa shape index (κ3) is 1.79. The molecule has 1 amide bonds. The minimum absolute atomic E-state index is 0.185. The van der Waals surface area contributed by atoms with Crippen molar-refractivity contribution in [2.24, 2.45) is 16.8 Å². The molecule has 8 heavy (non-hydrogen) atoms. The van der Waals surface area contributed by atoms with Crippen LogP contribution in [-0.2, 0) is 4.79 Å². The molecule has 0 aromatic rings. The number of nitroso groups, excluding NO2 is 1. The lowest BCUT2D eigenvalue weighted by Gasteiger charge is -1.95. The van der Waals surface area contributed by atoms with Gasteiger partial charge in [0.05, 0.1) is 5.92 Å². The van der Waals surface area contributed by atoms with Gasteiger partial charge < -0.3 is 5.73 Å². The van der Waals surface area contributed by atoms with Gasteiger partial charge in [0.15, 0.2) is 0 Å². The van der Waals surface area contributed by atoms with E-state index in [9.17, 15) is 9.70 Å². The summed E-state index contributed by atoms with van der Waals surface area (Å²) in [5.41, 5.74) is 5.03. The van der Waals surface area contributed by atoms with E-state index in [4.69, 9.17) is 5.73 Å². The van der Waals surface area contributed by atoms with E-state index in [0.29, 0.717) is 0 Å². The highest BCUT2D eigenvalue weighted by Gasteiger charge is 2.09. The molecule has 0 radical (unpaired) electrons. The second kappa shape index (κ2) is 3.26. The molecule has 0 aliphatic carbocycles. The van der Waals surface area contributed by atoms with E-state index < -0.39 is 11.8 Å². The molecule has 0 aromatic carbocycles. The second-order valence-corrected chi connectivity index (χ2v) is 1.57. The number of carbonyl (C=O) groups excluding carboxylic acids is 1. The van der Waals surface area contributed by atoms with Gasteiger partial charge in [-0.25, -0.2) is 0 Å². The summed E-state index contributed by atoms with van der Waals surface area (Å²) >= 11 is 0. The van der Waals surface area contributed by atoms with E-state index in [2.05, 4.69) is 5.18 Å². The summed E-state index contributed by atoms with van der Waals surface area (Å²) < 4.78 is 0. The van der Waals surface area contributed by atoms with Crippen LogP contribution in [0.2, 0.25) is 0 Å². The Morgan fingerprint density at radius 1 is 1.88 bits per heavy atom. The average molecular weight is 116 g/mol. The average Bonchev–Trinajstić information content (AvgIpc) is 1.84. The van der Waals surface area contributed by atoms with Crippen LogP contribution in [0.5, 0.6) is 0 Å². The lowest BCUT2D eigenvalue weighted by atomic mass is 10.2. The molecule has 0 saturated carbocycles. The Labute approximate surface area is 47.0 Å². The molecular formula is C4H8N2O2. The minimum Gasteiger partial charge on any atom is -0.330 e. The van der Waals surface area contributed by atoms with Gasteiger partial charge in [0.2, 0.25) is 0 Å². The van der Waals surface area contributed by atoms with Crippen LogP contribution in [0.15, 0.2) is 5.18 Å². The first-order valence-electron chi connectivity index (χ1n) is 2.29. The van der Waals surface area contributed by atoms with Crippen LogP contribution in [0.1, 0.15) is 6.92 Å². The summed E-state index contributed by atoms with van der Waals surface area (Å²) in [6, 6.07) is 0. The fourth-order valence-electron chi connectivity index (χ4n) is 0.191. The molecule has 0 unspecified atom stereocenters. The summed E-state index contributed by atoms with van der Waals surface area (Å²) in [6.45, 7) is 1.74. The number of hydrogen-bond acceptors (Lipinski definition) is 3. The first kappa shape index (κ1) is 7.23. The number of amides is 1. The highest BCUT2D eigenvalue weighted by molar-refractivity contribution is 5.79. The Balaban J connectivity index is 3.62. The molecule has 0 aromatic heterocycles. The highest BCUT2D eigenvalue weighted by Crippen LogP contribution is 1.92. The van der Waals surface area contributed by atoms with Crippen LogP contribution < -0.4 is 5.73 Å². The molecule has 4 heteroatoms. The van der Waals surface area contributed by atoms with Crippen molar-refractivity contribution in [1.82, 2.24) is 0 Å². The van der Waals surface area contributed by atoms with Crippen molar-refractivity contribution in [2.45, 2.75) is 6.92 Å². The van der Waals surface area contributed by atoms with Crippen molar-refractivity contribution in [3.05, 3.63) is 4.91 Å². The summed E-state index contributed by atoms with van der Waals surface area (Å²) in [4.78, 5) is 19.6. The Hall–Kier alpha value is -0.770. The van der Waals surface area contributed by atoms with E-state index in [0.717, 1.165) is 0 Å². The van der Waals surface area contributed by atoms with Gasteiger partial charge in [0.25, 0.3) is 5.91 Å². The van der Waals surface area contributed by atoms with Crippen LogP contribution in [0.4, 0.5) is 0 Å². The lowest BCUT2D eigenvalue weighted by molar-refractivity contribution is -0.120. The molecule has 0 aliphatic rings. The Morgan fingerprint density at radius 2 is 2.38 bits per heavy atom. The first-order valence-corrected chi connectivity index (χ1v) is 2.29. The summed E-state index contributed by atoms with van der Waals surface area (Å²) in [5.74, 6) is -1.10. The Kier molecular flexibility index (Phi) is 2.95. The highest BCUT2D eigenvalue weighted by atomic mass is 16.3. The quantitative estimate of drug-likeness (QED) is 0.511. The van der Waals surface area contributed by atoms with Gasteiger partial charge >= 0.3 is 0 Å². The Bertz CT molecular complexity index is 102. The molecule has 46 valence electrons. The number of rotatable bonds is 2. The zero-order chi connectivity index (χ0) is 6.57. The van der Waals surface area contributed by atoms with Crippen LogP contribution in [-0.4, -0.2) is 12.5 Å². The van der Waals surface area contributed by atoms with E-state index in [1.165, 1.54) is 0 Å². The van der Waals surface area contributed by atoms with Gasteiger partial charge in [0, 0.05) is 11.7 Å². The van der Waals surface area contributed by atoms with E-state index >= 15 is 0 Å². The fraction of sp³-hybridized carbons (Fsp3) is 0.750. The topological polar surface area (TPSA) is 72.5 Å². The fourth-order valence-corrected chi connectivity index (χ4v) is 0.191. The molecule has 2 N–H and O–H groups in total. The zero-order valence-corrected chi connectivity index (χ0v) is 4.63. The van der Waals surface area contributed by atoms with Gasteiger partial charge in [-0.3, -0.25) is 4.79 Å². The van der Waals surface area contributed by atoms with E-state index in [1.54, 1.807) is 6.92 Å². The van der Waals surface area contributed by atoms with E-state index in [1.807, 2.05) is 0 Å². The third-order valence-electron chi connectivity index (χ3n) is 0.865. The van der Waals surface area contributed by atoms with Crippen molar-refractivity contribution in [2.75, 3.05) is 6.54 Å². The van der Waals surface area contributed by atoms with Gasteiger partial charge in [-0.1, -0.05) is 6.92 Å². The Morgan fingerprint density at radius 3 is 2.50 bits per heavy atom. The van der Waals surface area contributed by atoms with Crippen LogP contribution in [0, 0.1) is 10.8 Å². The second-order valence-electron chi connectivity index (χ2n) is 1.57.